The van der Waals surface area contributed by atoms with Crippen LogP contribution in [0.1, 0.15) is 0 Å². The van der Waals surface area contributed by atoms with Crippen molar-refractivity contribution < 1.29 is 4.79 Å². The molecule has 1 aromatic rings. The molecule has 0 fully saturated rings. The number of benzene rings is 1. The Morgan fingerprint density at radius 1 is 1.33 bits per heavy atom. The van der Waals surface area contributed by atoms with Crippen LogP contribution in [-0.4, -0.2) is 11.2 Å². The molecule has 0 bridgehead atoms. The van der Waals surface area contributed by atoms with Crippen LogP contribution in [0, 0.1) is 5.41 Å². The van der Waals surface area contributed by atoms with Gasteiger partial charge >= 0.3 is 0 Å². The number of para-hydroxylation sites is 1. The number of rotatable bonds is 1. The molecular formula is C8H6N2OS. The standard InChI is InChI=1S/C7H5NO.CHNS/c9-6-8-7-4-2-1-3-5-7;2-1-3/h1-5H;2H. The Hall–Kier alpha value is -1.60. The van der Waals surface area contributed by atoms with Crippen molar-refractivity contribution >= 4 is 29.1 Å². The van der Waals surface area contributed by atoms with Crippen LogP contribution in [0.15, 0.2) is 35.3 Å². The van der Waals surface area contributed by atoms with Crippen molar-refractivity contribution in [2.75, 3.05) is 0 Å². The minimum Gasteiger partial charge on any atom is -0.248 e. The van der Waals surface area contributed by atoms with Gasteiger partial charge in [-0.2, -0.15) is 4.99 Å². The zero-order chi connectivity index (χ0) is 9.23. The maximum absolute atomic E-state index is 9.68. The van der Waals surface area contributed by atoms with Gasteiger partial charge in [0, 0.05) is 0 Å². The fourth-order valence-corrected chi connectivity index (χ4v) is 0.555. The topological polar surface area (TPSA) is 53.3 Å². The van der Waals surface area contributed by atoms with Gasteiger partial charge in [-0.15, -0.1) is 0 Å². The summed E-state index contributed by atoms with van der Waals surface area (Å²) in [5.41, 5.74) is 0.646. The average Bonchev–Trinajstić information content (AvgIpc) is 2.08. The number of nitrogens with zero attached hydrogens (tertiary/aromatic N) is 1. The SMILES string of the molecule is N=C=S.O=C=Nc1ccccc1. The highest BCUT2D eigenvalue weighted by Crippen LogP contribution is 2.06. The number of hydrogen-bond donors (Lipinski definition) is 1. The summed E-state index contributed by atoms with van der Waals surface area (Å²) in [6, 6.07) is 8.98. The van der Waals surface area contributed by atoms with Crippen LogP contribution in [0.2, 0.25) is 0 Å². The third-order valence-corrected chi connectivity index (χ3v) is 0.931. The van der Waals surface area contributed by atoms with Crippen LogP contribution < -0.4 is 0 Å². The maximum Gasteiger partial charge on any atom is 0.240 e. The lowest BCUT2D eigenvalue weighted by Gasteiger charge is -1.83. The summed E-state index contributed by atoms with van der Waals surface area (Å²) in [4.78, 5) is 13.1. The van der Waals surface area contributed by atoms with Crippen LogP contribution in [-0.2, 0) is 4.79 Å². The summed E-state index contributed by atoms with van der Waals surface area (Å²) in [6.45, 7) is 0. The van der Waals surface area contributed by atoms with E-state index in [4.69, 9.17) is 5.41 Å². The van der Waals surface area contributed by atoms with E-state index < -0.39 is 0 Å². The first-order chi connectivity index (χ1) is 5.85. The molecule has 1 N–H and O–H groups in total. The molecule has 1 rings (SSSR count). The van der Waals surface area contributed by atoms with Gasteiger partial charge in [0.05, 0.1) is 10.8 Å². The normalized spacial score (nSPS) is 6.67. The predicted octanol–water partition coefficient (Wildman–Crippen LogP) is 2.32. The van der Waals surface area contributed by atoms with Crippen molar-refractivity contribution in [1.29, 1.82) is 5.41 Å². The van der Waals surface area contributed by atoms with Gasteiger partial charge in [0.2, 0.25) is 6.08 Å². The summed E-state index contributed by atoms with van der Waals surface area (Å²) < 4.78 is 0. The summed E-state index contributed by atoms with van der Waals surface area (Å²) in [5, 5.41) is 7.36. The van der Waals surface area contributed by atoms with Crippen molar-refractivity contribution in [3.63, 3.8) is 0 Å². The summed E-state index contributed by atoms with van der Waals surface area (Å²) >= 11 is 3.81. The summed E-state index contributed by atoms with van der Waals surface area (Å²) in [7, 11) is 0. The van der Waals surface area contributed by atoms with Crippen molar-refractivity contribution in [1.82, 2.24) is 0 Å². The first kappa shape index (κ1) is 10.4. The fraction of sp³-hybridized carbons (Fsp3) is 0. The lowest BCUT2D eigenvalue weighted by atomic mass is 10.3. The molecule has 0 aliphatic rings. The molecule has 0 aliphatic heterocycles. The Morgan fingerprint density at radius 3 is 2.25 bits per heavy atom. The van der Waals surface area contributed by atoms with Gasteiger partial charge < -0.3 is 0 Å². The molecule has 0 radical (unpaired) electrons. The molecule has 4 heteroatoms. The van der Waals surface area contributed by atoms with E-state index in [9.17, 15) is 4.79 Å². The summed E-state index contributed by atoms with van der Waals surface area (Å²) in [6.07, 6.45) is 1.46. The van der Waals surface area contributed by atoms with Crippen molar-refractivity contribution in [3.05, 3.63) is 30.3 Å². The van der Waals surface area contributed by atoms with Gasteiger partial charge in [-0.25, -0.2) is 10.2 Å². The van der Waals surface area contributed by atoms with Gasteiger partial charge in [-0.1, -0.05) is 18.2 Å². The Kier molecular flexibility index (Phi) is 6.51. The number of hydrogen-bond acceptors (Lipinski definition) is 4. The highest BCUT2D eigenvalue weighted by molar-refractivity contribution is 7.78. The molecule has 0 saturated carbocycles. The Labute approximate surface area is 75.3 Å². The van der Waals surface area contributed by atoms with Gasteiger partial charge in [-0.3, -0.25) is 0 Å². The van der Waals surface area contributed by atoms with E-state index in [2.05, 4.69) is 17.2 Å². The zero-order valence-electron chi connectivity index (χ0n) is 6.15. The van der Waals surface area contributed by atoms with Crippen molar-refractivity contribution in [3.8, 4) is 0 Å². The van der Waals surface area contributed by atoms with E-state index in [1.165, 1.54) is 6.08 Å². The first-order valence-electron chi connectivity index (χ1n) is 3.02. The molecule has 60 valence electrons. The fourth-order valence-electron chi connectivity index (χ4n) is 0.555. The van der Waals surface area contributed by atoms with E-state index in [0.717, 1.165) is 0 Å². The van der Waals surface area contributed by atoms with Gasteiger partial charge in [-0.05, 0) is 24.4 Å². The molecule has 0 unspecified atom stereocenters. The van der Waals surface area contributed by atoms with Crippen LogP contribution in [0.5, 0.6) is 0 Å². The number of thiocarbonyl (C=S) groups is 1. The molecule has 0 amide bonds. The Balaban J connectivity index is 0.000000354. The second-order valence-electron chi connectivity index (χ2n) is 1.64. The average molecular weight is 178 g/mol. The van der Waals surface area contributed by atoms with Crippen molar-refractivity contribution in [2.45, 2.75) is 0 Å². The zero-order valence-corrected chi connectivity index (χ0v) is 6.97. The highest BCUT2D eigenvalue weighted by Gasteiger charge is 1.79. The smallest absolute Gasteiger partial charge is 0.240 e. The molecule has 0 aliphatic carbocycles. The molecule has 3 nitrogen and oxygen atoms in total. The molecule has 0 heterocycles. The Morgan fingerprint density at radius 2 is 1.83 bits per heavy atom. The maximum atomic E-state index is 9.68. The molecule has 0 atom stereocenters. The van der Waals surface area contributed by atoms with Crippen LogP contribution >= 0.6 is 12.2 Å². The second kappa shape index (κ2) is 7.51. The van der Waals surface area contributed by atoms with E-state index in [0.29, 0.717) is 5.69 Å². The largest absolute Gasteiger partial charge is 0.248 e. The van der Waals surface area contributed by atoms with Crippen LogP contribution in [0.4, 0.5) is 5.69 Å². The predicted molar refractivity (Wildman–Crippen MR) is 49.5 cm³/mol. The minimum atomic E-state index is 0.646. The van der Waals surface area contributed by atoms with Gasteiger partial charge in [0.15, 0.2) is 0 Å². The van der Waals surface area contributed by atoms with Crippen LogP contribution in [0.3, 0.4) is 0 Å². The van der Waals surface area contributed by atoms with E-state index in [1.54, 1.807) is 17.3 Å². The van der Waals surface area contributed by atoms with E-state index in [-0.39, 0.29) is 0 Å². The molecule has 1 aromatic carbocycles. The number of isocyanates is 1. The molecule has 0 spiro atoms. The Bertz CT molecular complexity index is 298. The highest BCUT2D eigenvalue weighted by atomic mass is 32.1. The number of carbonyl (C=O) groups excluding carboxylic acids is 1. The molecule has 12 heavy (non-hydrogen) atoms. The third kappa shape index (κ3) is 5.21. The van der Waals surface area contributed by atoms with E-state index in [1.807, 2.05) is 18.2 Å². The van der Waals surface area contributed by atoms with Crippen molar-refractivity contribution in [2.24, 2.45) is 4.99 Å². The van der Waals surface area contributed by atoms with Gasteiger partial charge in [0.1, 0.15) is 0 Å². The molecule has 0 saturated heterocycles. The summed E-state index contributed by atoms with van der Waals surface area (Å²) in [5.74, 6) is 0. The lowest BCUT2D eigenvalue weighted by molar-refractivity contribution is 0.565. The number of isothiocyanates is 1. The molecule has 0 aromatic heterocycles. The van der Waals surface area contributed by atoms with Crippen LogP contribution in [0.25, 0.3) is 0 Å². The monoisotopic (exact) mass is 178 g/mol. The third-order valence-electron chi connectivity index (χ3n) is 0.931. The first-order valence-corrected chi connectivity index (χ1v) is 3.42. The number of nitrogens with one attached hydrogen (secondary N) is 1. The second-order valence-corrected chi connectivity index (χ2v) is 1.84. The minimum absolute atomic E-state index is 0.646. The number of aliphatic imine (C=N–C) groups is 1. The molecular weight excluding hydrogens is 172 g/mol. The lowest BCUT2D eigenvalue weighted by Crippen LogP contribution is -1.59. The van der Waals surface area contributed by atoms with Gasteiger partial charge in [0.25, 0.3) is 0 Å². The quantitative estimate of drug-likeness (QED) is 0.407. The van der Waals surface area contributed by atoms with E-state index >= 15 is 0 Å².